The minimum Gasteiger partial charge on any atom is -0.458 e. The third-order valence-corrected chi connectivity index (χ3v) is 4.69. The highest BCUT2D eigenvalue weighted by molar-refractivity contribution is 5.83. The van der Waals surface area contributed by atoms with Gasteiger partial charge in [-0.3, -0.25) is 0 Å². The number of rotatable bonds is 9. The second-order valence-corrected chi connectivity index (χ2v) is 7.20. The summed E-state index contributed by atoms with van der Waals surface area (Å²) in [6, 6.07) is 19.4. The second-order valence-electron chi connectivity index (χ2n) is 7.20. The smallest absolute Gasteiger partial charge is 0.335 e. The van der Waals surface area contributed by atoms with Crippen LogP contribution in [-0.2, 0) is 20.9 Å². The molecule has 0 heterocycles. The van der Waals surface area contributed by atoms with Gasteiger partial charge in [0.2, 0.25) is 0 Å². The molecule has 3 rings (SSSR count). The van der Waals surface area contributed by atoms with Crippen LogP contribution in [0.1, 0.15) is 27.8 Å². The van der Waals surface area contributed by atoms with E-state index >= 15 is 0 Å². The van der Waals surface area contributed by atoms with E-state index in [0.717, 1.165) is 28.8 Å². The summed E-state index contributed by atoms with van der Waals surface area (Å²) in [6.07, 6.45) is 9.28. The fraction of sp³-hybridized carbons (Fsp3) is 0.0345. The molecule has 170 valence electrons. The first kappa shape index (κ1) is 24.1. The van der Waals surface area contributed by atoms with E-state index in [1.54, 1.807) is 48.6 Å². The molecule has 0 saturated heterocycles. The zero-order chi connectivity index (χ0) is 24.3. The molecule has 0 aliphatic heterocycles. The van der Waals surface area contributed by atoms with Crippen LogP contribution in [0.5, 0.6) is 5.75 Å². The molecule has 3 aromatic rings. The highest BCUT2D eigenvalue weighted by Gasteiger charge is 2.02. The molecule has 34 heavy (non-hydrogen) atoms. The van der Waals surface area contributed by atoms with Gasteiger partial charge in [0.25, 0.3) is 0 Å². The van der Waals surface area contributed by atoms with Gasteiger partial charge in [-0.2, -0.15) is 0 Å². The molecule has 0 radical (unpaired) electrons. The SMILES string of the molecule is C=CC(=O)OCc1cccc(C=Cc2ccc(C=Cc3cccc(OC(=O)C=C)c3)cc2F)c1. The maximum Gasteiger partial charge on any atom is 0.335 e. The molecular formula is C29H23FO4. The van der Waals surface area contributed by atoms with E-state index in [0.29, 0.717) is 16.9 Å². The molecule has 0 atom stereocenters. The van der Waals surface area contributed by atoms with Gasteiger partial charge in [-0.1, -0.05) is 79.9 Å². The van der Waals surface area contributed by atoms with Crippen LogP contribution in [0, 0.1) is 5.82 Å². The molecule has 4 nitrogen and oxygen atoms in total. The Morgan fingerprint density at radius 2 is 1.41 bits per heavy atom. The summed E-state index contributed by atoms with van der Waals surface area (Å²) in [5.74, 6) is -0.972. The Labute approximate surface area is 198 Å². The normalized spacial score (nSPS) is 10.9. The van der Waals surface area contributed by atoms with E-state index < -0.39 is 11.9 Å². The molecule has 0 aromatic heterocycles. The van der Waals surface area contributed by atoms with Crippen molar-refractivity contribution < 1.29 is 23.5 Å². The van der Waals surface area contributed by atoms with Gasteiger partial charge < -0.3 is 9.47 Å². The van der Waals surface area contributed by atoms with Crippen molar-refractivity contribution in [2.24, 2.45) is 0 Å². The molecule has 0 saturated carbocycles. The van der Waals surface area contributed by atoms with Gasteiger partial charge in [0.05, 0.1) is 0 Å². The minimum atomic E-state index is -0.533. The van der Waals surface area contributed by atoms with Crippen LogP contribution < -0.4 is 4.74 Å². The molecule has 0 amide bonds. The monoisotopic (exact) mass is 454 g/mol. The Hall–Kier alpha value is -4.51. The fourth-order valence-electron chi connectivity index (χ4n) is 3.00. The number of esters is 2. The fourth-order valence-corrected chi connectivity index (χ4v) is 3.00. The van der Waals surface area contributed by atoms with Gasteiger partial charge in [0.15, 0.2) is 0 Å². The van der Waals surface area contributed by atoms with Crippen molar-refractivity contribution in [1.82, 2.24) is 0 Å². The van der Waals surface area contributed by atoms with Crippen LogP contribution in [-0.4, -0.2) is 11.9 Å². The van der Waals surface area contributed by atoms with E-state index in [1.807, 2.05) is 36.4 Å². The number of ether oxygens (including phenoxy) is 2. The molecule has 0 unspecified atom stereocenters. The van der Waals surface area contributed by atoms with Crippen LogP contribution in [0.3, 0.4) is 0 Å². The van der Waals surface area contributed by atoms with E-state index in [9.17, 15) is 14.0 Å². The summed E-state index contributed by atoms with van der Waals surface area (Å²) < 4.78 is 24.8. The van der Waals surface area contributed by atoms with Crippen LogP contribution >= 0.6 is 0 Å². The Morgan fingerprint density at radius 1 is 0.765 bits per heavy atom. The van der Waals surface area contributed by atoms with Crippen LogP contribution in [0.25, 0.3) is 24.3 Å². The van der Waals surface area contributed by atoms with E-state index in [-0.39, 0.29) is 12.4 Å². The number of hydrogen-bond acceptors (Lipinski definition) is 4. The molecule has 0 bridgehead atoms. The van der Waals surface area contributed by atoms with Crippen LogP contribution in [0.2, 0.25) is 0 Å². The number of halogens is 1. The average molecular weight is 454 g/mol. The predicted molar refractivity (Wildman–Crippen MR) is 133 cm³/mol. The zero-order valence-electron chi connectivity index (χ0n) is 18.4. The van der Waals surface area contributed by atoms with Crippen molar-refractivity contribution in [1.29, 1.82) is 0 Å². The lowest BCUT2D eigenvalue weighted by Crippen LogP contribution is -2.02. The quantitative estimate of drug-likeness (QED) is 0.161. The van der Waals surface area contributed by atoms with Gasteiger partial charge in [0.1, 0.15) is 18.2 Å². The lowest BCUT2D eigenvalue weighted by molar-refractivity contribution is -0.139. The van der Waals surface area contributed by atoms with Crippen molar-refractivity contribution in [3.8, 4) is 5.75 Å². The summed E-state index contributed by atoms with van der Waals surface area (Å²) >= 11 is 0. The molecule has 5 heteroatoms. The maximum atomic E-state index is 14.6. The third-order valence-electron chi connectivity index (χ3n) is 4.69. The summed E-state index contributed by atoms with van der Waals surface area (Å²) in [6.45, 7) is 6.88. The summed E-state index contributed by atoms with van der Waals surface area (Å²) in [5.41, 5.74) is 3.61. The summed E-state index contributed by atoms with van der Waals surface area (Å²) in [4.78, 5) is 22.6. The van der Waals surface area contributed by atoms with Crippen molar-refractivity contribution in [3.63, 3.8) is 0 Å². The van der Waals surface area contributed by atoms with Gasteiger partial charge in [-0.05, 0) is 46.5 Å². The van der Waals surface area contributed by atoms with Gasteiger partial charge in [0, 0.05) is 17.7 Å². The van der Waals surface area contributed by atoms with Crippen molar-refractivity contribution in [3.05, 3.63) is 126 Å². The zero-order valence-corrected chi connectivity index (χ0v) is 18.4. The molecule has 3 aromatic carbocycles. The third kappa shape index (κ3) is 7.28. The molecule has 0 fully saturated rings. The first-order chi connectivity index (χ1) is 16.5. The number of benzene rings is 3. The molecule has 0 spiro atoms. The molecular weight excluding hydrogens is 431 g/mol. The molecule has 0 aliphatic rings. The van der Waals surface area contributed by atoms with Crippen LogP contribution in [0.15, 0.2) is 92.0 Å². The van der Waals surface area contributed by atoms with E-state index in [1.165, 1.54) is 6.07 Å². The van der Waals surface area contributed by atoms with Gasteiger partial charge >= 0.3 is 11.9 Å². The van der Waals surface area contributed by atoms with Crippen molar-refractivity contribution >= 4 is 36.2 Å². The van der Waals surface area contributed by atoms with Crippen molar-refractivity contribution in [2.45, 2.75) is 6.61 Å². The first-order valence-corrected chi connectivity index (χ1v) is 10.4. The number of carbonyl (C=O) groups excluding carboxylic acids is 2. The summed E-state index contributed by atoms with van der Waals surface area (Å²) in [7, 11) is 0. The highest BCUT2D eigenvalue weighted by Crippen LogP contribution is 2.19. The number of carbonyl (C=O) groups is 2. The first-order valence-electron chi connectivity index (χ1n) is 10.4. The van der Waals surface area contributed by atoms with E-state index in [2.05, 4.69) is 13.2 Å². The van der Waals surface area contributed by atoms with Crippen molar-refractivity contribution in [2.75, 3.05) is 0 Å². The lowest BCUT2D eigenvalue weighted by atomic mass is 10.1. The standard InChI is InChI=1S/C29H23FO4/c1-3-28(31)33-20-24-9-5-7-21(17-24)13-15-25-16-14-23(19-27(25)30)12-11-22-8-6-10-26(18-22)34-29(32)4-2/h3-19H,1-2,20H2. The Kier molecular flexibility index (Phi) is 8.47. The summed E-state index contributed by atoms with van der Waals surface area (Å²) in [5, 5.41) is 0. The molecule has 0 N–H and O–H groups in total. The Bertz CT molecular complexity index is 1270. The largest absolute Gasteiger partial charge is 0.458 e. The van der Waals surface area contributed by atoms with E-state index in [4.69, 9.17) is 9.47 Å². The van der Waals surface area contributed by atoms with Crippen LogP contribution in [0.4, 0.5) is 4.39 Å². The lowest BCUT2D eigenvalue weighted by Gasteiger charge is -2.04. The minimum absolute atomic E-state index is 0.140. The Balaban J connectivity index is 1.67. The van der Waals surface area contributed by atoms with Gasteiger partial charge in [-0.15, -0.1) is 0 Å². The Morgan fingerprint density at radius 3 is 2.12 bits per heavy atom. The van der Waals surface area contributed by atoms with Gasteiger partial charge in [-0.25, -0.2) is 14.0 Å². The second kappa shape index (κ2) is 11.9. The predicted octanol–water partition coefficient (Wildman–Crippen LogP) is 6.49. The number of hydrogen-bond donors (Lipinski definition) is 0. The molecule has 0 aliphatic carbocycles. The average Bonchev–Trinajstić information content (AvgIpc) is 2.85. The maximum absolute atomic E-state index is 14.6. The topological polar surface area (TPSA) is 52.6 Å². The highest BCUT2D eigenvalue weighted by atomic mass is 19.1.